The van der Waals surface area contributed by atoms with E-state index in [9.17, 15) is 14.4 Å². The Hall–Kier alpha value is -4.18. The minimum absolute atomic E-state index is 0.244. The number of nitrogens with one attached hydrogen (secondary N) is 2. The average Bonchev–Trinajstić information content (AvgIpc) is 3.20. The molecular formula is C29H33N3O6S. The molecule has 0 saturated heterocycles. The molecule has 3 rings (SSSR count). The van der Waals surface area contributed by atoms with E-state index in [0.717, 1.165) is 28.2 Å². The highest BCUT2D eigenvalue weighted by Gasteiger charge is 2.22. The monoisotopic (exact) mass is 551 g/mol. The van der Waals surface area contributed by atoms with Crippen LogP contribution in [0.2, 0.25) is 0 Å². The van der Waals surface area contributed by atoms with E-state index in [1.165, 1.54) is 17.6 Å². The number of rotatable bonds is 12. The molecule has 1 aromatic heterocycles. The molecular weight excluding hydrogens is 518 g/mol. The lowest BCUT2D eigenvalue weighted by Gasteiger charge is -2.13. The van der Waals surface area contributed by atoms with Crippen LogP contribution < -0.4 is 20.2 Å². The van der Waals surface area contributed by atoms with Crippen molar-refractivity contribution in [1.82, 2.24) is 5.43 Å². The van der Waals surface area contributed by atoms with Gasteiger partial charge in [0.15, 0.2) is 6.10 Å². The van der Waals surface area contributed by atoms with Crippen LogP contribution in [0.3, 0.4) is 0 Å². The molecule has 10 heteroatoms. The number of aryl methyl sites for hydroxylation is 1. The molecule has 39 heavy (non-hydrogen) atoms. The van der Waals surface area contributed by atoms with Crippen LogP contribution in [0.4, 0.5) is 5.00 Å². The number of hydrogen-bond donors (Lipinski definition) is 2. The first kappa shape index (κ1) is 29.4. The zero-order valence-electron chi connectivity index (χ0n) is 22.7. The molecule has 1 heterocycles. The second-order valence-corrected chi connectivity index (χ2v) is 9.82. The summed E-state index contributed by atoms with van der Waals surface area (Å²) in [5.74, 6) is -0.0770. The summed E-state index contributed by atoms with van der Waals surface area (Å²) in [6.45, 7) is 9.98. The van der Waals surface area contributed by atoms with Gasteiger partial charge in [0.25, 0.3) is 11.8 Å². The highest BCUT2D eigenvalue weighted by molar-refractivity contribution is 7.16. The number of hydrogen-bond acceptors (Lipinski definition) is 8. The molecule has 2 N–H and O–H groups in total. The first-order valence-corrected chi connectivity index (χ1v) is 13.5. The number of nitrogens with zero attached hydrogens (tertiary/aromatic N) is 1. The van der Waals surface area contributed by atoms with Crippen molar-refractivity contribution in [3.8, 4) is 11.5 Å². The van der Waals surface area contributed by atoms with E-state index in [0.29, 0.717) is 28.5 Å². The zero-order valence-corrected chi connectivity index (χ0v) is 23.5. The van der Waals surface area contributed by atoms with Crippen LogP contribution in [0, 0.1) is 13.8 Å². The van der Waals surface area contributed by atoms with Gasteiger partial charge in [-0.3, -0.25) is 9.59 Å². The maximum Gasteiger partial charge on any atom is 0.341 e. The number of carbonyl (C=O) groups excluding carboxylic acids is 3. The fourth-order valence-corrected chi connectivity index (χ4v) is 4.46. The molecule has 9 nitrogen and oxygen atoms in total. The molecule has 0 radical (unpaired) electrons. The number of ether oxygens (including phenoxy) is 3. The van der Waals surface area contributed by atoms with Gasteiger partial charge >= 0.3 is 5.97 Å². The lowest BCUT2D eigenvalue weighted by Crippen LogP contribution is -2.33. The second kappa shape index (κ2) is 14.1. The summed E-state index contributed by atoms with van der Waals surface area (Å²) >= 11 is 1.32. The molecule has 0 aliphatic rings. The van der Waals surface area contributed by atoms with Gasteiger partial charge in [-0.1, -0.05) is 6.92 Å². The van der Waals surface area contributed by atoms with Gasteiger partial charge in [-0.2, -0.15) is 5.10 Å². The van der Waals surface area contributed by atoms with E-state index in [4.69, 9.17) is 14.2 Å². The van der Waals surface area contributed by atoms with Gasteiger partial charge in [-0.05, 0) is 93.8 Å². The lowest BCUT2D eigenvalue weighted by molar-refractivity contribution is -0.127. The van der Waals surface area contributed by atoms with Crippen LogP contribution in [0.25, 0.3) is 0 Å². The van der Waals surface area contributed by atoms with Crippen LogP contribution >= 0.6 is 11.3 Å². The van der Waals surface area contributed by atoms with Crippen molar-refractivity contribution < 1.29 is 28.6 Å². The van der Waals surface area contributed by atoms with Crippen molar-refractivity contribution >= 4 is 40.3 Å². The van der Waals surface area contributed by atoms with Gasteiger partial charge in [-0.25, -0.2) is 10.2 Å². The minimum Gasteiger partial charge on any atom is -0.494 e. The highest BCUT2D eigenvalue weighted by atomic mass is 32.1. The van der Waals surface area contributed by atoms with Crippen molar-refractivity contribution in [3.63, 3.8) is 0 Å². The number of benzene rings is 2. The number of amides is 2. The predicted molar refractivity (Wildman–Crippen MR) is 152 cm³/mol. The lowest BCUT2D eigenvalue weighted by atomic mass is 10.1. The Kier molecular flexibility index (Phi) is 10.6. The van der Waals surface area contributed by atoms with E-state index in [1.54, 1.807) is 38.1 Å². The molecule has 0 saturated carbocycles. The normalized spacial score (nSPS) is 11.6. The fraction of sp³-hybridized carbons (Fsp3) is 0.310. The van der Waals surface area contributed by atoms with E-state index < -0.39 is 18.0 Å². The second-order valence-electron chi connectivity index (χ2n) is 8.60. The Morgan fingerprint density at radius 1 is 1.00 bits per heavy atom. The smallest absolute Gasteiger partial charge is 0.341 e. The SMILES string of the molecule is CCCOc1ccc(/C=N\NC(=O)[C@@H](C)Oc2ccc(C(=O)Nc3sc(C)c(C)c3C(=O)OCC)cc2)cc1. The molecule has 3 aromatic rings. The Bertz CT molecular complexity index is 1320. The van der Waals surface area contributed by atoms with Gasteiger partial charge in [0.1, 0.15) is 16.5 Å². The van der Waals surface area contributed by atoms with E-state index in [1.807, 2.05) is 45.0 Å². The van der Waals surface area contributed by atoms with Gasteiger partial charge < -0.3 is 19.5 Å². The molecule has 2 aromatic carbocycles. The number of carbonyl (C=O) groups is 3. The molecule has 0 aliphatic carbocycles. The fourth-order valence-electron chi connectivity index (χ4n) is 3.41. The van der Waals surface area contributed by atoms with E-state index in [-0.39, 0.29) is 12.5 Å². The summed E-state index contributed by atoms with van der Waals surface area (Å²) in [5, 5.41) is 7.23. The molecule has 0 spiro atoms. The Morgan fingerprint density at radius 3 is 2.31 bits per heavy atom. The molecule has 2 amide bonds. The Balaban J connectivity index is 1.54. The predicted octanol–water partition coefficient (Wildman–Crippen LogP) is 5.50. The summed E-state index contributed by atoms with van der Waals surface area (Å²) < 4.78 is 16.4. The quantitative estimate of drug-likeness (QED) is 0.174. The van der Waals surface area contributed by atoms with Crippen LogP contribution in [0.15, 0.2) is 53.6 Å². The third-order valence-corrected chi connectivity index (χ3v) is 6.75. The van der Waals surface area contributed by atoms with Gasteiger partial charge in [-0.15, -0.1) is 11.3 Å². The topological polar surface area (TPSA) is 115 Å². The zero-order chi connectivity index (χ0) is 28.4. The van der Waals surface area contributed by atoms with Crippen molar-refractivity contribution in [2.75, 3.05) is 18.5 Å². The van der Waals surface area contributed by atoms with Gasteiger partial charge in [0, 0.05) is 10.4 Å². The largest absolute Gasteiger partial charge is 0.494 e. The summed E-state index contributed by atoms with van der Waals surface area (Å²) in [5.41, 5.74) is 4.79. The molecule has 206 valence electrons. The summed E-state index contributed by atoms with van der Waals surface area (Å²) in [6.07, 6.45) is 1.64. The molecule has 0 aliphatic heterocycles. The first-order valence-electron chi connectivity index (χ1n) is 12.6. The maximum absolute atomic E-state index is 12.8. The number of esters is 1. The van der Waals surface area contributed by atoms with Crippen molar-refractivity contribution in [2.24, 2.45) is 5.10 Å². The maximum atomic E-state index is 12.8. The van der Waals surface area contributed by atoms with E-state index >= 15 is 0 Å². The summed E-state index contributed by atoms with van der Waals surface area (Å²) in [4.78, 5) is 38.5. The average molecular weight is 552 g/mol. The van der Waals surface area contributed by atoms with Crippen LogP contribution in [-0.2, 0) is 9.53 Å². The van der Waals surface area contributed by atoms with Crippen molar-refractivity contribution in [3.05, 3.63) is 75.7 Å². The van der Waals surface area contributed by atoms with Gasteiger partial charge in [0.2, 0.25) is 0 Å². The van der Waals surface area contributed by atoms with Gasteiger partial charge in [0.05, 0.1) is 25.0 Å². The van der Waals surface area contributed by atoms with Crippen LogP contribution in [-0.4, -0.2) is 43.3 Å². The highest BCUT2D eigenvalue weighted by Crippen LogP contribution is 2.33. The van der Waals surface area contributed by atoms with Crippen molar-refractivity contribution in [1.29, 1.82) is 0 Å². The van der Waals surface area contributed by atoms with E-state index in [2.05, 4.69) is 15.8 Å². The Labute approximate surface area is 232 Å². The number of hydrazone groups is 1. The summed E-state index contributed by atoms with van der Waals surface area (Å²) in [6, 6.07) is 13.7. The van der Waals surface area contributed by atoms with Crippen molar-refractivity contribution in [2.45, 2.75) is 47.1 Å². The molecule has 0 unspecified atom stereocenters. The third kappa shape index (κ3) is 8.15. The summed E-state index contributed by atoms with van der Waals surface area (Å²) in [7, 11) is 0. The Morgan fingerprint density at radius 2 is 1.67 bits per heavy atom. The molecule has 0 bridgehead atoms. The molecule has 0 fully saturated rings. The first-order chi connectivity index (χ1) is 18.7. The number of anilines is 1. The van der Waals surface area contributed by atoms with Crippen LogP contribution in [0.5, 0.6) is 11.5 Å². The standard InChI is InChI=1S/C29H33N3O6S/c1-6-16-37-23-12-8-21(9-13-23)17-30-32-26(33)19(4)38-24-14-10-22(11-15-24)27(34)31-28-25(29(35)36-7-2)18(3)20(5)39-28/h8-15,17,19H,6-7,16H2,1-5H3,(H,31,34)(H,32,33)/b30-17-/t19-/m1/s1. The minimum atomic E-state index is -0.823. The number of thiophene rings is 1. The molecule has 1 atom stereocenters. The van der Waals surface area contributed by atoms with Crippen LogP contribution in [0.1, 0.15) is 63.9 Å². The third-order valence-electron chi connectivity index (χ3n) is 5.63.